The lowest BCUT2D eigenvalue weighted by Crippen LogP contribution is -2.31. The predicted octanol–water partition coefficient (Wildman–Crippen LogP) is 4.85. The Hall–Kier alpha value is -2.80. The third-order valence-electron chi connectivity index (χ3n) is 4.73. The van der Waals surface area contributed by atoms with E-state index in [2.05, 4.69) is 4.72 Å². The number of ether oxygens (including phenoxy) is 1. The van der Waals surface area contributed by atoms with Gasteiger partial charge >= 0.3 is 5.97 Å². The number of carboxylic acids is 1. The van der Waals surface area contributed by atoms with E-state index in [9.17, 15) is 13.2 Å². The molecule has 2 rings (SSSR count). The van der Waals surface area contributed by atoms with Crippen molar-refractivity contribution in [2.24, 2.45) is 5.92 Å². The molecule has 2 aromatic rings. The molecule has 0 fully saturated rings. The van der Waals surface area contributed by atoms with Crippen LogP contribution in [-0.2, 0) is 21.4 Å². The molecule has 0 saturated heterocycles. The average molecular weight is 432 g/mol. The SMILES string of the molecule is CCC(C(C)C)S(=O)(=O)Nc1ccc(C)cc1OCc1ccc(/C=C/C(=O)O)cc1. The van der Waals surface area contributed by atoms with Crippen LogP contribution in [0, 0.1) is 12.8 Å². The highest BCUT2D eigenvalue weighted by molar-refractivity contribution is 7.93. The number of carbonyl (C=O) groups is 1. The molecule has 2 aromatic carbocycles. The van der Waals surface area contributed by atoms with Crippen molar-refractivity contribution in [3.63, 3.8) is 0 Å². The van der Waals surface area contributed by atoms with E-state index >= 15 is 0 Å². The lowest BCUT2D eigenvalue weighted by Gasteiger charge is -2.22. The van der Waals surface area contributed by atoms with Gasteiger partial charge in [-0.05, 0) is 54.2 Å². The van der Waals surface area contributed by atoms with Gasteiger partial charge in [-0.1, -0.05) is 51.1 Å². The zero-order chi connectivity index (χ0) is 22.3. The molecule has 6 nitrogen and oxygen atoms in total. The smallest absolute Gasteiger partial charge is 0.328 e. The van der Waals surface area contributed by atoms with Gasteiger partial charge in [0, 0.05) is 6.08 Å². The summed E-state index contributed by atoms with van der Waals surface area (Å²) in [5, 5.41) is 8.21. The Kier molecular flexibility index (Phi) is 8.06. The molecule has 162 valence electrons. The van der Waals surface area contributed by atoms with Crippen LogP contribution in [0.1, 0.15) is 43.9 Å². The van der Waals surface area contributed by atoms with Gasteiger partial charge in [-0.25, -0.2) is 13.2 Å². The molecular weight excluding hydrogens is 402 g/mol. The van der Waals surface area contributed by atoms with Gasteiger partial charge in [-0.15, -0.1) is 0 Å². The third kappa shape index (κ3) is 6.62. The highest BCUT2D eigenvalue weighted by atomic mass is 32.2. The van der Waals surface area contributed by atoms with Gasteiger partial charge in [0.15, 0.2) is 0 Å². The van der Waals surface area contributed by atoms with Crippen molar-refractivity contribution in [3.8, 4) is 5.75 Å². The Morgan fingerprint density at radius 2 is 1.83 bits per heavy atom. The van der Waals surface area contributed by atoms with Gasteiger partial charge in [0.2, 0.25) is 10.0 Å². The molecule has 0 amide bonds. The first-order valence-corrected chi connectivity index (χ1v) is 11.4. The second kappa shape index (κ2) is 10.3. The number of aryl methyl sites for hydroxylation is 1. The second-order valence-corrected chi connectivity index (χ2v) is 9.44. The van der Waals surface area contributed by atoms with E-state index in [1.54, 1.807) is 24.3 Å². The maximum absolute atomic E-state index is 12.8. The van der Waals surface area contributed by atoms with Crippen molar-refractivity contribution in [1.29, 1.82) is 0 Å². The fourth-order valence-electron chi connectivity index (χ4n) is 3.16. The number of rotatable bonds is 10. The molecule has 1 atom stereocenters. The fourth-order valence-corrected chi connectivity index (χ4v) is 4.95. The van der Waals surface area contributed by atoms with E-state index in [1.807, 2.05) is 45.9 Å². The summed E-state index contributed by atoms with van der Waals surface area (Å²) in [7, 11) is -3.55. The minimum Gasteiger partial charge on any atom is -0.487 e. The van der Waals surface area contributed by atoms with E-state index in [4.69, 9.17) is 9.84 Å². The zero-order valence-corrected chi connectivity index (χ0v) is 18.6. The van der Waals surface area contributed by atoms with Crippen LogP contribution in [0.15, 0.2) is 48.5 Å². The summed E-state index contributed by atoms with van der Waals surface area (Å²) in [5.41, 5.74) is 3.02. The van der Waals surface area contributed by atoms with Crippen molar-refractivity contribution in [3.05, 3.63) is 65.2 Å². The van der Waals surface area contributed by atoms with E-state index < -0.39 is 21.2 Å². The van der Waals surface area contributed by atoms with Gasteiger partial charge in [0.05, 0.1) is 10.9 Å². The summed E-state index contributed by atoms with van der Waals surface area (Å²) in [6.07, 6.45) is 3.12. The van der Waals surface area contributed by atoms with Crippen LogP contribution in [0.5, 0.6) is 5.75 Å². The Morgan fingerprint density at radius 1 is 1.17 bits per heavy atom. The number of hydrogen-bond acceptors (Lipinski definition) is 4. The normalized spacial score (nSPS) is 12.8. The number of hydrogen-bond donors (Lipinski definition) is 2. The van der Waals surface area contributed by atoms with E-state index in [0.29, 0.717) is 17.9 Å². The number of aliphatic carboxylic acids is 1. The van der Waals surface area contributed by atoms with Gasteiger partial charge < -0.3 is 9.84 Å². The van der Waals surface area contributed by atoms with Crippen LogP contribution in [0.4, 0.5) is 5.69 Å². The highest BCUT2D eigenvalue weighted by Gasteiger charge is 2.27. The molecule has 7 heteroatoms. The average Bonchev–Trinajstić information content (AvgIpc) is 2.67. The lowest BCUT2D eigenvalue weighted by atomic mass is 10.1. The van der Waals surface area contributed by atoms with Gasteiger partial charge in [0.1, 0.15) is 12.4 Å². The van der Waals surface area contributed by atoms with Gasteiger partial charge in [-0.2, -0.15) is 0 Å². The second-order valence-electron chi connectivity index (χ2n) is 7.54. The lowest BCUT2D eigenvalue weighted by molar-refractivity contribution is -0.131. The number of anilines is 1. The number of nitrogens with one attached hydrogen (secondary N) is 1. The largest absolute Gasteiger partial charge is 0.487 e. The first-order chi connectivity index (χ1) is 14.1. The first-order valence-electron chi connectivity index (χ1n) is 9.87. The highest BCUT2D eigenvalue weighted by Crippen LogP contribution is 2.29. The molecule has 0 radical (unpaired) electrons. The van der Waals surface area contributed by atoms with E-state index in [1.165, 1.54) is 6.08 Å². The molecule has 0 aromatic heterocycles. The Balaban J connectivity index is 2.17. The van der Waals surface area contributed by atoms with Crippen LogP contribution in [-0.4, -0.2) is 24.7 Å². The van der Waals surface area contributed by atoms with E-state index in [0.717, 1.165) is 22.8 Å². The molecule has 0 aliphatic heterocycles. The first kappa shape index (κ1) is 23.5. The van der Waals surface area contributed by atoms with Gasteiger partial charge in [-0.3, -0.25) is 4.72 Å². The van der Waals surface area contributed by atoms with Crippen LogP contribution in [0.2, 0.25) is 0 Å². The minimum atomic E-state index is -3.55. The van der Waals surface area contributed by atoms with Crippen molar-refractivity contribution < 1.29 is 23.1 Å². The molecule has 0 spiro atoms. The molecule has 0 heterocycles. The molecule has 0 bridgehead atoms. The molecule has 2 N–H and O–H groups in total. The van der Waals surface area contributed by atoms with Crippen molar-refractivity contribution in [2.45, 2.75) is 46.0 Å². The summed E-state index contributed by atoms with van der Waals surface area (Å²) in [4.78, 5) is 10.6. The van der Waals surface area contributed by atoms with Crippen molar-refractivity contribution in [1.82, 2.24) is 0 Å². The number of sulfonamides is 1. The standard InChI is InChI=1S/C23H29NO5S/c1-5-22(16(2)3)30(27,28)24-20-12-6-17(4)14-21(20)29-15-19-9-7-18(8-10-19)11-13-23(25)26/h6-14,16,22,24H,5,15H2,1-4H3,(H,25,26)/b13-11+. The Labute approximate surface area is 178 Å². The molecule has 1 unspecified atom stereocenters. The van der Waals surface area contributed by atoms with Crippen molar-refractivity contribution in [2.75, 3.05) is 4.72 Å². The predicted molar refractivity (Wildman–Crippen MR) is 120 cm³/mol. The number of carboxylic acid groups (broad SMARTS) is 1. The van der Waals surface area contributed by atoms with Crippen LogP contribution in [0.3, 0.4) is 0 Å². The van der Waals surface area contributed by atoms with Gasteiger partial charge in [0.25, 0.3) is 0 Å². The molecule has 30 heavy (non-hydrogen) atoms. The summed E-state index contributed by atoms with van der Waals surface area (Å²) in [6.45, 7) is 7.83. The van der Waals surface area contributed by atoms with Crippen LogP contribution in [0.25, 0.3) is 6.08 Å². The van der Waals surface area contributed by atoms with Crippen LogP contribution < -0.4 is 9.46 Å². The third-order valence-corrected chi connectivity index (χ3v) is 6.91. The maximum Gasteiger partial charge on any atom is 0.328 e. The topological polar surface area (TPSA) is 92.7 Å². The van der Waals surface area contributed by atoms with Crippen molar-refractivity contribution >= 4 is 27.8 Å². The van der Waals surface area contributed by atoms with E-state index in [-0.39, 0.29) is 12.5 Å². The maximum atomic E-state index is 12.8. The molecular formula is C23H29NO5S. The summed E-state index contributed by atoms with van der Waals surface area (Å²) in [5.74, 6) is -0.539. The molecule has 0 aliphatic rings. The monoisotopic (exact) mass is 431 g/mol. The molecule has 0 saturated carbocycles. The molecule has 0 aliphatic carbocycles. The summed E-state index contributed by atoms with van der Waals surface area (Å²) in [6, 6.07) is 12.6. The Bertz CT molecular complexity index is 995. The zero-order valence-electron chi connectivity index (χ0n) is 17.8. The quantitative estimate of drug-likeness (QED) is 0.525. The summed E-state index contributed by atoms with van der Waals surface area (Å²) < 4.78 is 34.3. The van der Waals surface area contributed by atoms with Crippen LogP contribution >= 0.6 is 0 Å². The number of benzene rings is 2. The summed E-state index contributed by atoms with van der Waals surface area (Å²) >= 11 is 0. The minimum absolute atomic E-state index is 0.00370. The Morgan fingerprint density at radius 3 is 2.40 bits per heavy atom. The fraction of sp³-hybridized carbons (Fsp3) is 0.348.